The molecular weight excluding hydrogens is 199 g/mol. The van der Waals surface area contributed by atoms with E-state index < -0.39 is 12.8 Å². The fraction of sp³-hybridized carbons (Fsp3) is 0.429. The van der Waals surface area contributed by atoms with Crippen molar-refractivity contribution in [3.63, 3.8) is 0 Å². The number of aryl methyl sites for hydroxylation is 1. The summed E-state index contributed by atoms with van der Waals surface area (Å²) in [5.41, 5.74) is 5.77. The van der Waals surface area contributed by atoms with Crippen LogP contribution in [0.4, 0.5) is 19.0 Å². The predicted molar refractivity (Wildman–Crippen MR) is 42.7 cm³/mol. The summed E-state index contributed by atoms with van der Waals surface area (Å²) in [5, 5.41) is 0. The fourth-order valence-electron chi connectivity index (χ4n) is 0.672. The van der Waals surface area contributed by atoms with Gasteiger partial charge in [-0.05, 0) is 6.92 Å². The second-order valence-electron chi connectivity index (χ2n) is 2.58. The molecule has 1 aromatic rings. The lowest BCUT2D eigenvalue weighted by atomic mass is 10.4. The van der Waals surface area contributed by atoms with Gasteiger partial charge in [-0.1, -0.05) is 0 Å². The molecule has 0 saturated carbocycles. The van der Waals surface area contributed by atoms with Gasteiger partial charge in [0.25, 0.3) is 0 Å². The molecule has 4 nitrogen and oxygen atoms in total. The van der Waals surface area contributed by atoms with Gasteiger partial charge in [0.2, 0.25) is 5.88 Å². The van der Waals surface area contributed by atoms with Gasteiger partial charge in [-0.2, -0.15) is 18.2 Å². The molecule has 0 radical (unpaired) electrons. The van der Waals surface area contributed by atoms with E-state index in [-0.39, 0.29) is 11.7 Å². The topological polar surface area (TPSA) is 61.0 Å². The minimum absolute atomic E-state index is 0.0599. The number of rotatable bonds is 2. The Balaban J connectivity index is 2.65. The quantitative estimate of drug-likeness (QED) is 0.794. The average molecular weight is 207 g/mol. The first-order valence-electron chi connectivity index (χ1n) is 3.67. The summed E-state index contributed by atoms with van der Waals surface area (Å²) in [7, 11) is 0. The Morgan fingerprint density at radius 3 is 2.64 bits per heavy atom. The number of halogens is 3. The summed E-state index contributed by atoms with van der Waals surface area (Å²) >= 11 is 0. The minimum Gasteiger partial charge on any atom is -0.467 e. The molecule has 0 bridgehead atoms. The van der Waals surface area contributed by atoms with Crippen molar-refractivity contribution in [1.29, 1.82) is 0 Å². The number of alkyl halides is 3. The van der Waals surface area contributed by atoms with Gasteiger partial charge in [0.1, 0.15) is 5.82 Å². The number of nitrogens with two attached hydrogens (primary N) is 1. The maximum Gasteiger partial charge on any atom is 0.422 e. The SMILES string of the molecule is Cc1ncc(OCC(F)(F)F)nc1N. The largest absolute Gasteiger partial charge is 0.467 e. The van der Waals surface area contributed by atoms with Gasteiger partial charge in [0.05, 0.1) is 11.9 Å². The second-order valence-corrected chi connectivity index (χ2v) is 2.58. The molecule has 1 rings (SSSR count). The molecule has 0 amide bonds. The molecule has 2 N–H and O–H groups in total. The molecule has 7 heteroatoms. The van der Waals surface area contributed by atoms with Crippen molar-refractivity contribution in [3.05, 3.63) is 11.9 Å². The van der Waals surface area contributed by atoms with Crippen LogP contribution in [0.25, 0.3) is 0 Å². The van der Waals surface area contributed by atoms with Crippen LogP contribution in [0.5, 0.6) is 5.88 Å². The summed E-state index contributed by atoms with van der Waals surface area (Å²) in [6.45, 7) is 0.194. The molecule has 0 aliphatic heterocycles. The number of anilines is 1. The Bertz CT molecular complexity index is 326. The van der Waals surface area contributed by atoms with Gasteiger partial charge in [-0.25, -0.2) is 0 Å². The third kappa shape index (κ3) is 3.08. The zero-order chi connectivity index (χ0) is 10.8. The lowest BCUT2D eigenvalue weighted by Gasteiger charge is -2.08. The van der Waals surface area contributed by atoms with E-state index in [9.17, 15) is 13.2 Å². The molecular formula is C7H8F3N3O. The number of ether oxygens (including phenoxy) is 1. The summed E-state index contributed by atoms with van der Waals surface area (Å²) in [5.74, 6) is -0.171. The molecule has 78 valence electrons. The number of hydrogen-bond donors (Lipinski definition) is 1. The normalized spacial score (nSPS) is 11.4. The third-order valence-corrected chi connectivity index (χ3v) is 1.35. The van der Waals surface area contributed by atoms with Crippen LogP contribution in [-0.4, -0.2) is 22.8 Å². The van der Waals surface area contributed by atoms with Crippen LogP contribution >= 0.6 is 0 Å². The van der Waals surface area contributed by atoms with Gasteiger partial charge < -0.3 is 10.5 Å². The van der Waals surface area contributed by atoms with Gasteiger partial charge in [0.15, 0.2) is 6.61 Å². The maximum absolute atomic E-state index is 11.7. The molecule has 14 heavy (non-hydrogen) atoms. The smallest absolute Gasteiger partial charge is 0.422 e. The van der Waals surface area contributed by atoms with Crippen molar-refractivity contribution in [3.8, 4) is 5.88 Å². The van der Waals surface area contributed by atoms with Gasteiger partial charge in [-0.15, -0.1) is 0 Å². The Labute approximate surface area is 77.9 Å². The third-order valence-electron chi connectivity index (χ3n) is 1.35. The molecule has 0 spiro atoms. The molecule has 0 saturated heterocycles. The van der Waals surface area contributed by atoms with E-state index >= 15 is 0 Å². The Morgan fingerprint density at radius 2 is 2.14 bits per heavy atom. The Hall–Kier alpha value is -1.53. The lowest BCUT2D eigenvalue weighted by molar-refractivity contribution is -0.154. The van der Waals surface area contributed by atoms with Crippen LogP contribution < -0.4 is 10.5 Å². The van der Waals surface area contributed by atoms with E-state index in [0.29, 0.717) is 5.69 Å². The highest BCUT2D eigenvalue weighted by Gasteiger charge is 2.28. The summed E-state index contributed by atoms with van der Waals surface area (Å²) in [6.07, 6.45) is -3.29. The second kappa shape index (κ2) is 3.69. The molecule has 0 aliphatic rings. The van der Waals surface area contributed by atoms with Gasteiger partial charge >= 0.3 is 6.18 Å². The first-order valence-corrected chi connectivity index (χ1v) is 3.67. The first-order chi connectivity index (χ1) is 6.38. The van der Waals surface area contributed by atoms with Crippen molar-refractivity contribution in [2.75, 3.05) is 12.3 Å². The zero-order valence-corrected chi connectivity index (χ0v) is 7.30. The Morgan fingerprint density at radius 1 is 1.50 bits per heavy atom. The molecule has 0 unspecified atom stereocenters. The highest BCUT2D eigenvalue weighted by Crippen LogP contribution is 2.17. The van der Waals surface area contributed by atoms with Gasteiger partial charge in [0, 0.05) is 0 Å². The standard InChI is InChI=1S/C7H8F3N3O/c1-4-6(11)13-5(2-12-4)14-3-7(8,9)10/h2H,3H2,1H3,(H2,11,13). The van der Waals surface area contributed by atoms with Crippen molar-refractivity contribution in [1.82, 2.24) is 9.97 Å². The van der Waals surface area contributed by atoms with Crippen LogP contribution in [0, 0.1) is 6.92 Å². The van der Waals surface area contributed by atoms with Crippen molar-refractivity contribution >= 4 is 5.82 Å². The lowest BCUT2D eigenvalue weighted by Crippen LogP contribution is -2.20. The molecule has 1 aromatic heterocycles. The van der Waals surface area contributed by atoms with Crippen molar-refractivity contribution < 1.29 is 17.9 Å². The van der Waals surface area contributed by atoms with E-state index in [0.717, 1.165) is 6.20 Å². The van der Waals surface area contributed by atoms with Crippen LogP contribution in [0.1, 0.15) is 5.69 Å². The van der Waals surface area contributed by atoms with E-state index in [1.54, 1.807) is 6.92 Å². The van der Waals surface area contributed by atoms with E-state index in [4.69, 9.17) is 5.73 Å². The maximum atomic E-state index is 11.7. The van der Waals surface area contributed by atoms with E-state index in [2.05, 4.69) is 14.7 Å². The van der Waals surface area contributed by atoms with Crippen LogP contribution in [0.15, 0.2) is 6.20 Å². The van der Waals surface area contributed by atoms with Crippen LogP contribution in [0.3, 0.4) is 0 Å². The number of nitrogens with zero attached hydrogens (tertiary/aromatic N) is 2. The highest BCUT2D eigenvalue weighted by molar-refractivity contribution is 5.34. The summed E-state index contributed by atoms with van der Waals surface area (Å²) in [6, 6.07) is 0. The zero-order valence-electron chi connectivity index (χ0n) is 7.30. The molecule has 0 aromatic carbocycles. The Kier molecular flexibility index (Phi) is 2.78. The number of aromatic nitrogens is 2. The summed E-state index contributed by atoms with van der Waals surface area (Å²) in [4.78, 5) is 7.27. The average Bonchev–Trinajstić information content (AvgIpc) is 2.06. The predicted octanol–water partition coefficient (Wildman–Crippen LogP) is 1.31. The first kappa shape index (κ1) is 10.6. The minimum atomic E-state index is -4.39. The van der Waals surface area contributed by atoms with Gasteiger partial charge in [-0.3, -0.25) is 4.98 Å². The fourth-order valence-corrected chi connectivity index (χ4v) is 0.672. The molecule has 0 atom stereocenters. The molecule has 0 aliphatic carbocycles. The molecule has 0 fully saturated rings. The molecule has 1 heterocycles. The van der Waals surface area contributed by atoms with Crippen LogP contribution in [-0.2, 0) is 0 Å². The van der Waals surface area contributed by atoms with Crippen LogP contribution in [0.2, 0.25) is 0 Å². The van der Waals surface area contributed by atoms with Crippen molar-refractivity contribution in [2.24, 2.45) is 0 Å². The number of nitrogen functional groups attached to an aromatic ring is 1. The number of hydrogen-bond acceptors (Lipinski definition) is 4. The monoisotopic (exact) mass is 207 g/mol. The summed E-state index contributed by atoms with van der Waals surface area (Å²) < 4.78 is 39.5. The van der Waals surface area contributed by atoms with Crippen molar-refractivity contribution in [2.45, 2.75) is 13.1 Å². The van der Waals surface area contributed by atoms with E-state index in [1.807, 2.05) is 0 Å². The highest BCUT2D eigenvalue weighted by atomic mass is 19.4. The van der Waals surface area contributed by atoms with E-state index in [1.165, 1.54) is 0 Å².